The van der Waals surface area contributed by atoms with Crippen LogP contribution in [-0.4, -0.2) is 32.8 Å². The minimum absolute atomic E-state index is 0.0264. The molecule has 188 valence electrons. The Kier molecular flexibility index (Phi) is 8.64. The van der Waals surface area contributed by atoms with Gasteiger partial charge < -0.3 is 10.6 Å². The normalized spacial score (nSPS) is 24.8. The minimum atomic E-state index is -3.62. The highest BCUT2D eigenvalue weighted by atomic mass is 32.2. The quantitative estimate of drug-likeness (QED) is 0.555. The number of anilines is 1. The molecule has 4 rings (SSSR count). The second-order valence-electron chi connectivity index (χ2n) is 10.3. The van der Waals surface area contributed by atoms with Crippen molar-refractivity contribution in [2.24, 2.45) is 11.8 Å². The molecule has 1 aliphatic heterocycles. The Hall–Kier alpha value is -1.93. The number of benzene rings is 1. The number of fused-ring (bicyclic) bond motifs is 1. The molecule has 1 aromatic rings. The van der Waals surface area contributed by atoms with Crippen LogP contribution in [0.25, 0.3) is 0 Å². The molecule has 2 fully saturated rings. The van der Waals surface area contributed by atoms with Gasteiger partial charge in [-0.2, -0.15) is 0 Å². The lowest BCUT2D eigenvalue weighted by molar-refractivity contribution is -0.127. The van der Waals surface area contributed by atoms with Crippen LogP contribution in [0.2, 0.25) is 0 Å². The van der Waals surface area contributed by atoms with E-state index in [0.717, 1.165) is 44.1 Å². The van der Waals surface area contributed by atoms with Gasteiger partial charge in [0.25, 0.3) is 0 Å². The first-order chi connectivity index (χ1) is 16.4. The van der Waals surface area contributed by atoms with Crippen molar-refractivity contribution in [1.82, 2.24) is 10.0 Å². The van der Waals surface area contributed by atoms with Crippen LogP contribution in [0.3, 0.4) is 0 Å². The highest BCUT2D eigenvalue weighted by Crippen LogP contribution is 2.30. The summed E-state index contributed by atoms with van der Waals surface area (Å²) in [5, 5.41) is 6.15. The number of sulfonamides is 1. The average Bonchev–Trinajstić information content (AvgIpc) is 2.99. The van der Waals surface area contributed by atoms with Gasteiger partial charge in [0.05, 0.1) is 4.90 Å². The predicted octanol–water partition coefficient (Wildman–Crippen LogP) is 4.28. The zero-order chi connectivity index (χ0) is 24.0. The zero-order valence-corrected chi connectivity index (χ0v) is 20.9. The van der Waals surface area contributed by atoms with Crippen LogP contribution in [0.5, 0.6) is 0 Å². The SMILES string of the molecule is O=C1CCCc2cc(S(=O)(=O)NCC3CCC(C(=O)NC4CCCCCCC4)CC3)ccc2N1. The van der Waals surface area contributed by atoms with E-state index in [-0.39, 0.29) is 28.5 Å². The summed E-state index contributed by atoms with van der Waals surface area (Å²) in [5.74, 6) is 0.474. The third-order valence-electron chi connectivity index (χ3n) is 7.74. The molecule has 0 bridgehead atoms. The van der Waals surface area contributed by atoms with Gasteiger partial charge >= 0.3 is 0 Å². The molecule has 0 unspecified atom stereocenters. The number of aryl methyl sites for hydroxylation is 1. The molecule has 34 heavy (non-hydrogen) atoms. The van der Waals surface area contributed by atoms with Crippen molar-refractivity contribution < 1.29 is 18.0 Å². The van der Waals surface area contributed by atoms with Crippen LogP contribution in [-0.2, 0) is 26.0 Å². The smallest absolute Gasteiger partial charge is 0.240 e. The molecule has 2 aliphatic carbocycles. The Morgan fingerprint density at radius 1 is 0.912 bits per heavy atom. The number of hydrogen-bond donors (Lipinski definition) is 3. The molecular formula is C26H39N3O4S. The van der Waals surface area contributed by atoms with E-state index in [1.807, 2.05) is 0 Å². The minimum Gasteiger partial charge on any atom is -0.353 e. The van der Waals surface area contributed by atoms with Crippen molar-refractivity contribution in [2.45, 2.75) is 101 Å². The molecule has 7 nitrogen and oxygen atoms in total. The van der Waals surface area contributed by atoms with Crippen LogP contribution in [0.15, 0.2) is 23.1 Å². The van der Waals surface area contributed by atoms with Gasteiger partial charge in [0.15, 0.2) is 0 Å². The molecule has 0 atom stereocenters. The first-order valence-electron chi connectivity index (χ1n) is 13.1. The summed E-state index contributed by atoms with van der Waals surface area (Å²) in [6.45, 7) is 0.396. The molecule has 2 amide bonds. The van der Waals surface area contributed by atoms with Crippen LogP contribution >= 0.6 is 0 Å². The third kappa shape index (κ3) is 6.81. The van der Waals surface area contributed by atoms with Crippen molar-refractivity contribution in [1.29, 1.82) is 0 Å². The molecule has 2 saturated carbocycles. The van der Waals surface area contributed by atoms with Gasteiger partial charge in [-0.25, -0.2) is 13.1 Å². The topological polar surface area (TPSA) is 104 Å². The van der Waals surface area contributed by atoms with E-state index in [1.54, 1.807) is 18.2 Å². The van der Waals surface area contributed by atoms with E-state index in [9.17, 15) is 18.0 Å². The van der Waals surface area contributed by atoms with Crippen molar-refractivity contribution in [3.63, 3.8) is 0 Å². The van der Waals surface area contributed by atoms with Crippen molar-refractivity contribution >= 4 is 27.5 Å². The summed E-state index contributed by atoms with van der Waals surface area (Å²) in [5.41, 5.74) is 1.57. The number of hydrogen-bond acceptors (Lipinski definition) is 4. The monoisotopic (exact) mass is 489 g/mol. The number of rotatable bonds is 6. The maximum atomic E-state index is 12.9. The van der Waals surface area contributed by atoms with Gasteiger partial charge in [0.2, 0.25) is 21.8 Å². The Morgan fingerprint density at radius 2 is 1.62 bits per heavy atom. The number of nitrogens with one attached hydrogen (secondary N) is 3. The molecule has 0 saturated heterocycles. The molecule has 8 heteroatoms. The standard InChI is InChI=1S/C26H39N3O4S/c30-25-10-6-7-21-17-23(15-16-24(21)29-25)34(32,33)27-18-19-11-13-20(14-12-19)26(31)28-22-8-4-2-1-3-5-9-22/h15-17,19-20,22,27H,1-14,18H2,(H,28,31)(H,29,30). The number of amides is 2. The summed E-state index contributed by atoms with van der Waals surface area (Å²) in [7, 11) is -3.62. The lowest BCUT2D eigenvalue weighted by atomic mass is 9.81. The van der Waals surface area contributed by atoms with Crippen LogP contribution in [0.4, 0.5) is 5.69 Å². The second-order valence-corrected chi connectivity index (χ2v) is 12.1. The summed E-state index contributed by atoms with van der Waals surface area (Å²) in [6.07, 6.45) is 13.7. The van der Waals surface area contributed by atoms with Gasteiger partial charge in [-0.05, 0) is 81.0 Å². The Bertz CT molecular complexity index is 962. The summed E-state index contributed by atoms with van der Waals surface area (Å²) in [4.78, 5) is 24.8. The molecule has 3 aliphatic rings. The summed E-state index contributed by atoms with van der Waals surface area (Å²) in [6, 6.07) is 5.25. The maximum absolute atomic E-state index is 12.9. The van der Waals surface area contributed by atoms with Crippen LogP contribution < -0.4 is 15.4 Å². The molecule has 1 heterocycles. The fraction of sp³-hybridized carbons (Fsp3) is 0.692. The van der Waals surface area contributed by atoms with E-state index < -0.39 is 10.0 Å². The van der Waals surface area contributed by atoms with Gasteiger partial charge in [-0.15, -0.1) is 0 Å². The van der Waals surface area contributed by atoms with E-state index in [2.05, 4.69) is 15.4 Å². The number of carbonyl (C=O) groups is 2. The highest BCUT2D eigenvalue weighted by Gasteiger charge is 2.29. The largest absolute Gasteiger partial charge is 0.353 e. The van der Waals surface area contributed by atoms with Gasteiger partial charge in [0, 0.05) is 30.6 Å². The molecule has 3 N–H and O–H groups in total. The van der Waals surface area contributed by atoms with Crippen LogP contribution in [0, 0.1) is 11.8 Å². The lowest BCUT2D eigenvalue weighted by Gasteiger charge is -2.30. The average molecular weight is 490 g/mol. The Balaban J connectivity index is 1.24. The fourth-order valence-electron chi connectivity index (χ4n) is 5.58. The van der Waals surface area contributed by atoms with Gasteiger partial charge in [-0.3, -0.25) is 9.59 Å². The molecular weight excluding hydrogens is 450 g/mol. The Labute approximate surface area is 203 Å². The van der Waals surface area contributed by atoms with E-state index >= 15 is 0 Å². The van der Waals surface area contributed by atoms with Gasteiger partial charge in [-0.1, -0.05) is 32.1 Å². The van der Waals surface area contributed by atoms with Crippen molar-refractivity contribution in [3.8, 4) is 0 Å². The number of carbonyl (C=O) groups excluding carboxylic acids is 2. The van der Waals surface area contributed by atoms with Crippen molar-refractivity contribution in [3.05, 3.63) is 23.8 Å². The first-order valence-corrected chi connectivity index (χ1v) is 14.6. The Morgan fingerprint density at radius 3 is 2.35 bits per heavy atom. The predicted molar refractivity (Wildman–Crippen MR) is 133 cm³/mol. The molecule has 0 aromatic heterocycles. The first kappa shape index (κ1) is 25.2. The van der Waals surface area contributed by atoms with Gasteiger partial charge in [0.1, 0.15) is 0 Å². The molecule has 1 aromatic carbocycles. The van der Waals surface area contributed by atoms with E-state index in [4.69, 9.17) is 0 Å². The zero-order valence-electron chi connectivity index (χ0n) is 20.1. The van der Waals surface area contributed by atoms with E-state index in [1.165, 1.54) is 32.1 Å². The summed E-state index contributed by atoms with van der Waals surface area (Å²) < 4.78 is 28.6. The molecule has 0 spiro atoms. The maximum Gasteiger partial charge on any atom is 0.240 e. The highest BCUT2D eigenvalue weighted by molar-refractivity contribution is 7.89. The van der Waals surface area contributed by atoms with Crippen LogP contribution in [0.1, 0.15) is 89.0 Å². The van der Waals surface area contributed by atoms with Crippen molar-refractivity contribution in [2.75, 3.05) is 11.9 Å². The summed E-state index contributed by atoms with van der Waals surface area (Å²) >= 11 is 0. The fourth-order valence-corrected chi connectivity index (χ4v) is 6.74. The molecule has 0 radical (unpaired) electrons. The second kappa shape index (κ2) is 11.7. The lowest BCUT2D eigenvalue weighted by Crippen LogP contribution is -2.41. The third-order valence-corrected chi connectivity index (χ3v) is 9.16. The van der Waals surface area contributed by atoms with E-state index in [0.29, 0.717) is 37.5 Å².